The molecule has 0 bridgehead atoms. The predicted molar refractivity (Wildman–Crippen MR) is 116 cm³/mol. The van der Waals surface area contributed by atoms with Gasteiger partial charge < -0.3 is 14.1 Å². The highest BCUT2D eigenvalue weighted by Crippen LogP contribution is 2.39. The summed E-state index contributed by atoms with van der Waals surface area (Å²) in [4.78, 5) is 4.14. The molecule has 6 nitrogen and oxygen atoms in total. The molecule has 0 radical (unpaired) electrons. The van der Waals surface area contributed by atoms with Gasteiger partial charge in [-0.15, -0.1) is 10.2 Å². The Kier molecular flexibility index (Phi) is 4.61. The lowest BCUT2D eigenvalue weighted by molar-refractivity contribution is -0.136. The molecule has 0 amide bonds. The maximum absolute atomic E-state index is 14.1. The molecule has 0 aliphatic rings. The lowest BCUT2D eigenvalue weighted by atomic mass is 9.97. The number of alkyl halides is 3. The molecule has 0 fully saturated rings. The zero-order chi connectivity index (χ0) is 25.8. The maximum Gasteiger partial charge on any atom is 0.420 e. The number of hydrogen-bond acceptors (Lipinski definition) is 5. The standard InChI is InChI=1S/C24H16F4N4O2/c1-32-12-29-31-22(32)18-10-16(25)5-6-17(18)14-3-2-4-15(9-14)23-30-20-8-13(11-33)7-19(21(20)34-23)24(26,27)28/h2-10,12,33H,11H2,1H3/i11D2. The molecular weight excluding hydrogens is 452 g/mol. The number of aryl methyl sites for hydroxylation is 1. The van der Waals surface area contributed by atoms with Crippen LogP contribution < -0.4 is 0 Å². The Bertz CT molecular complexity index is 1610. The first kappa shape index (κ1) is 19.4. The Morgan fingerprint density at radius 2 is 1.85 bits per heavy atom. The number of benzene rings is 3. The largest absolute Gasteiger partial charge is 0.435 e. The molecular formula is C24H16F4N4O2. The molecule has 34 heavy (non-hydrogen) atoms. The van der Waals surface area contributed by atoms with Crippen LogP contribution in [0.4, 0.5) is 17.6 Å². The summed E-state index contributed by atoms with van der Waals surface area (Å²) >= 11 is 0. The van der Waals surface area contributed by atoms with E-state index in [-0.39, 0.29) is 11.4 Å². The summed E-state index contributed by atoms with van der Waals surface area (Å²) in [6, 6.07) is 12.2. The molecule has 0 saturated heterocycles. The van der Waals surface area contributed by atoms with Crippen molar-refractivity contribution in [2.75, 3.05) is 0 Å². The van der Waals surface area contributed by atoms with E-state index in [0.29, 0.717) is 34.1 Å². The van der Waals surface area contributed by atoms with Crippen LogP contribution in [0.5, 0.6) is 0 Å². The molecule has 2 heterocycles. The third kappa shape index (κ3) is 3.81. The van der Waals surface area contributed by atoms with Crippen LogP contribution >= 0.6 is 0 Å². The lowest BCUT2D eigenvalue weighted by Gasteiger charge is -2.10. The summed E-state index contributed by atoms with van der Waals surface area (Å²) in [6.45, 7) is -3.01. The van der Waals surface area contributed by atoms with Crippen molar-refractivity contribution in [3.05, 3.63) is 77.9 Å². The van der Waals surface area contributed by atoms with Crippen molar-refractivity contribution in [1.82, 2.24) is 19.7 Å². The number of aliphatic hydroxyl groups is 1. The van der Waals surface area contributed by atoms with Crippen LogP contribution in [-0.4, -0.2) is 24.9 Å². The van der Waals surface area contributed by atoms with E-state index in [9.17, 15) is 22.7 Å². The molecule has 5 aromatic rings. The quantitative estimate of drug-likeness (QED) is 0.346. The number of aromatic nitrogens is 4. The average molecular weight is 470 g/mol. The van der Waals surface area contributed by atoms with Gasteiger partial charge in [0.2, 0.25) is 5.89 Å². The van der Waals surface area contributed by atoms with Crippen molar-refractivity contribution in [2.45, 2.75) is 12.7 Å². The minimum Gasteiger partial charge on any atom is -0.435 e. The van der Waals surface area contributed by atoms with E-state index in [2.05, 4.69) is 15.2 Å². The molecule has 0 saturated carbocycles. The third-order valence-corrected chi connectivity index (χ3v) is 5.28. The fourth-order valence-electron chi connectivity index (χ4n) is 3.73. The first-order valence-electron chi connectivity index (χ1n) is 10.9. The first-order valence-corrected chi connectivity index (χ1v) is 9.91. The summed E-state index contributed by atoms with van der Waals surface area (Å²) in [5.74, 6) is -0.209. The van der Waals surface area contributed by atoms with Gasteiger partial charge in [0.05, 0.1) is 9.30 Å². The predicted octanol–water partition coefficient (Wildman–Crippen LogP) is 5.61. The van der Waals surface area contributed by atoms with Gasteiger partial charge in [-0.2, -0.15) is 13.2 Å². The van der Waals surface area contributed by atoms with Gasteiger partial charge in [-0.25, -0.2) is 9.37 Å². The monoisotopic (exact) mass is 470 g/mol. The van der Waals surface area contributed by atoms with Crippen LogP contribution in [0.15, 0.2) is 65.3 Å². The zero-order valence-electron chi connectivity index (χ0n) is 19.4. The summed E-state index contributed by atoms with van der Waals surface area (Å²) in [7, 11) is 1.71. The van der Waals surface area contributed by atoms with Crippen LogP contribution in [0.2, 0.25) is 0 Å². The molecule has 1 N–H and O–H groups in total. The van der Waals surface area contributed by atoms with E-state index in [1.807, 2.05) is 0 Å². The SMILES string of the molecule is [2H]C([2H])(O)c1cc(C(F)(F)F)c2oc(-c3cccc(-c4ccc(F)cc4-c4nncn4C)c3)nc2c1. The smallest absolute Gasteiger partial charge is 0.420 e. The summed E-state index contributed by atoms with van der Waals surface area (Å²) < 4.78 is 77.1. The molecule has 0 aliphatic heterocycles. The fraction of sp³-hybridized carbons (Fsp3) is 0.125. The minimum absolute atomic E-state index is 0.143. The van der Waals surface area contributed by atoms with Gasteiger partial charge >= 0.3 is 6.18 Å². The van der Waals surface area contributed by atoms with Crippen LogP contribution in [0.1, 0.15) is 13.9 Å². The third-order valence-electron chi connectivity index (χ3n) is 5.28. The zero-order valence-corrected chi connectivity index (χ0v) is 17.4. The highest BCUT2D eigenvalue weighted by Gasteiger charge is 2.35. The lowest BCUT2D eigenvalue weighted by Crippen LogP contribution is -2.06. The molecule has 0 unspecified atom stereocenters. The van der Waals surface area contributed by atoms with Crippen LogP contribution in [0.3, 0.4) is 0 Å². The molecule has 10 heteroatoms. The van der Waals surface area contributed by atoms with E-state index < -0.39 is 35.3 Å². The molecule has 0 atom stereocenters. The summed E-state index contributed by atoms with van der Waals surface area (Å²) in [6.07, 6.45) is -3.41. The van der Waals surface area contributed by atoms with E-state index in [1.165, 1.54) is 18.5 Å². The van der Waals surface area contributed by atoms with Crippen LogP contribution in [-0.2, 0) is 19.8 Å². The van der Waals surface area contributed by atoms with E-state index in [1.54, 1.807) is 41.9 Å². The highest BCUT2D eigenvalue weighted by molar-refractivity contribution is 5.84. The maximum atomic E-state index is 14.1. The van der Waals surface area contributed by atoms with Gasteiger partial charge in [0.25, 0.3) is 0 Å². The average Bonchev–Trinajstić information content (AvgIpc) is 3.43. The second-order valence-corrected chi connectivity index (χ2v) is 7.54. The van der Waals surface area contributed by atoms with Crippen molar-refractivity contribution >= 4 is 11.1 Å². The van der Waals surface area contributed by atoms with Gasteiger partial charge in [-0.05, 0) is 53.1 Å². The molecule has 172 valence electrons. The topological polar surface area (TPSA) is 77.0 Å². The second-order valence-electron chi connectivity index (χ2n) is 7.54. The van der Waals surface area contributed by atoms with E-state index in [0.717, 1.165) is 6.07 Å². The van der Waals surface area contributed by atoms with Gasteiger partial charge in [0.1, 0.15) is 23.2 Å². The normalized spacial score (nSPS) is 13.2. The molecule has 2 aromatic heterocycles. The van der Waals surface area contributed by atoms with Crippen molar-refractivity contribution in [3.8, 4) is 34.0 Å². The highest BCUT2D eigenvalue weighted by atomic mass is 19.4. The minimum atomic E-state index is -4.88. The Morgan fingerprint density at radius 3 is 2.56 bits per heavy atom. The number of oxazole rings is 1. The summed E-state index contributed by atoms with van der Waals surface area (Å²) in [5, 5.41) is 17.5. The van der Waals surface area contributed by atoms with Gasteiger partial charge in [-0.1, -0.05) is 18.2 Å². The Hall–Kier alpha value is -4.05. The Balaban J connectivity index is 1.66. The summed E-state index contributed by atoms with van der Waals surface area (Å²) in [5.41, 5.74) is -0.732. The molecule has 0 spiro atoms. The van der Waals surface area contributed by atoms with Gasteiger partial charge in [-0.3, -0.25) is 0 Å². The van der Waals surface area contributed by atoms with Crippen molar-refractivity contribution in [2.24, 2.45) is 7.05 Å². The van der Waals surface area contributed by atoms with E-state index >= 15 is 0 Å². The number of hydrogen-bond donors (Lipinski definition) is 1. The Morgan fingerprint density at radius 1 is 1.06 bits per heavy atom. The molecule has 0 aliphatic carbocycles. The first-order chi connectivity index (χ1) is 16.9. The van der Waals surface area contributed by atoms with Crippen molar-refractivity contribution in [3.63, 3.8) is 0 Å². The van der Waals surface area contributed by atoms with Crippen molar-refractivity contribution in [1.29, 1.82) is 0 Å². The molecule has 5 rings (SSSR count). The Labute approximate surface area is 192 Å². The van der Waals surface area contributed by atoms with E-state index in [4.69, 9.17) is 7.16 Å². The molecule has 3 aromatic carbocycles. The fourth-order valence-corrected chi connectivity index (χ4v) is 3.73. The number of halogens is 4. The van der Waals surface area contributed by atoms with Crippen molar-refractivity contribution < 1.29 is 29.8 Å². The van der Waals surface area contributed by atoms with Gasteiger partial charge in [0, 0.05) is 18.2 Å². The van der Waals surface area contributed by atoms with Crippen LogP contribution in [0, 0.1) is 5.82 Å². The van der Waals surface area contributed by atoms with Crippen LogP contribution in [0.25, 0.3) is 45.1 Å². The number of nitrogens with zero attached hydrogens (tertiary/aromatic N) is 4. The number of rotatable bonds is 4. The second kappa shape index (κ2) is 8.07. The number of fused-ring (bicyclic) bond motifs is 1. The van der Waals surface area contributed by atoms with Gasteiger partial charge in [0.15, 0.2) is 11.4 Å².